The molecule has 0 N–H and O–H groups in total. The molecule has 4 aromatic carbocycles. The molecule has 1 saturated heterocycles. The number of nitrogens with zero attached hydrogens (tertiary/aromatic N) is 5. The second-order valence-electron chi connectivity index (χ2n) is 13.2. The van der Waals surface area contributed by atoms with Crippen molar-refractivity contribution in [2.45, 2.75) is 38.7 Å². The number of anilines is 1. The molecule has 0 saturated carbocycles. The molecule has 0 bridgehead atoms. The minimum absolute atomic E-state index is 0.0494. The molecule has 0 spiro atoms. The molecule has 286 valence electrons. The lowest BCUT2D eigenvalue weighted by Gasteiger charge is -2.27. The van der Waals surface area contributed by atoms with Gasteiger partial charge in [-0.05, 0) is 42.3 Å². The second-order valence-corrected chi connectivity index (χ2v) is 13.2. The highest BCUT2D eigenvalue weighted by Gasteiger charge is 2.43. The van der Waals surface area contributed by atoms with Crippen LogP contribution in [0.1, 0.15) is 35.6 Å². The van der Waals surface area contributed by atoms with Crippen LogP contribution in [-0.4, -0.2) is 67.1 Å². The third-order valence-corrected chi connectivity index (χ3v) is 9.31. The summed E-state index contributed by atoms with van der Waals surface area (Å²) in [6.07, 6.45) is -0.505. The van der Waals surface area contributed by atoms with Crippen LogP contribution >= 0.6 is 0 Å². The number of aliphatic imine (C=N–C) groups is 1. The molecule has 56 heavy (non-hydrogen) atoms. The molecule has 5 aromatic rings. The van der Waals surface area contributed by atoms with Crippen LogP contribution in [0.3, 0.4) is 0 Å². The molecule has 0 amide bonds. The van der Waals surface area contributed by atoms with Gasteiger partial charge in [0.2, 0.25) is 11.6 Å². The maximum absolute atomic E-state index is 17.0. The Morgan fingerprint density at radius 3 is 2.27 bits per heavy atom. The summed E-state index contributed by atoms with van der Waals surface area (Å²) in [6, 6.07) is 31.0. The molecule has 1 aromatic heterocycles. The van der Waals surface area contributed by atoms with Crippen LogP contribution in [0.5, 0.6) is 29.0 Å². The van der Waals surface area contributed by atoms with E-state index in [0.29, 0.717) is 6.54 Å². The van der Waals surface area contributed by atoms with Crippen molar-refractivity contribution in [2.24, 2.45) is 4.99 Å². The number of carbonyl (C=O) groups is 1. The number of nitriles is 1. The Balaban J connectivity index is 1.29. The van der Waals surface area contributed by atoms with Gasteiger partial charge in [-0.1, -0.05) is 72.8 Å². The van der Waals surface area contributed by atoms with E-state index < -0.39 is 47.2 Å². The highest BCUT2D eigenvalue weighted by atomic mass is 19.1. The summed E-state index contributed by atoms with van der Waals surface area (Å²) in [7, 11) is 1.92. The Morgan fingerprint density at radius 1 is 0.875 bits per heavy atom. The standard InChI is InChI=1S/C43H39F2N5O6/c1-3-52-43(51)34-23-33(53-26-28-11-6-4-7-12-28)25-50(34)39-37(44)41(55-32-16-10-15-31(22-32)40-47-19-20-49(40)2)48-42(38(39)45)56-36-21-30(24-46)17-18-35(36)54-27-29-13-8-5-9-14-29/h4-18,21-22,33-34H,3,19-20,23,25-27H2,1-2H3. The molecule has 11 nitrogen and oxygen atoms in total. The van der Waals surface area contributed by atoms with E-state index in [-0.39, 0.29) is 55.6 Å². The van der Waals surface area contributed by atoms with E-state index in [0.717, 1.165) is 29.1 Å². The number of benzene rings is 4. The van der Waals surface area contributed by atoms with Crippen LogP contribution in [0, 0.1) is 23.0 Å². The van der Waals surface area contributed by atoms with Crippen LogP contribution in [0.2, 0.25) is 0 Å². The lowest BCUT2D eigenvalue weighted by molar-refractivity contribution is -0.144. The minimum Gasteiger partial charge on any atom is -0.485 e. The molecule has 7 rings (SSSR count). The molecule has 1 fully saturated rings. The van der Waals surface area contributed by atoms with Gasteiger partial charge in [-0.2, -0.15) is 19.0 Å². The first-order valence-electron chi connectivity index (χ1n) is 18.2. The summed E-state index contributed by atoms with van der Waals surface area (Å²) in [4.78, 5) is 25.4. The van der Waals surface area contributed by atoms with Gasteiger partial charge in [0.25, 0.3) is 11.8 Å². The van der Waals surface area contributed by atoms with Gasteiger partial charge in [0.1, 0.15) is 29.9 Å². The zero-order chi connectivity index (χ0) is 39.0. The lowest BCUT2D eigenvalue weighted by Crippen LogP contribution is -2.38. The van der Waals surface area contributed by atoms with E-state index in [4.69, 9.17) is 23.7 Å². The smallest absolute Gasteiger partial charge is 0.328 e. The van der Waals surface area contributed by atoms with Crippen LogP contribution in [-0.2, 0) is 27.5 Å². The largest absolute Gasteiger partial charge is 0.485 e. The van der Waals surface area contributed by atoms with Crippen molar-refractivity contribution in [3.05, 3.63) is 137 Å². The van der Waals surface area contributed by atoms with Crippen molar-refractivity contribution < 1.29 is 37.3 Å². The zero-order valence-corrected chi connectivity index (χ0v) is 30.9. The van der Waals surface area contributed by atoms with E-state index in [1.807, 2.05) is 84.7 Å². The monoisotopic (exact) mass is 759 g/mol. The first-order chi connectivity index (χ1) is 27.3. The number of ether oxygens (including phenoxy) is 5. The third-order valence-electron chi connectivity index (χ3n) is 9.31. The predicted molar refractivity (Wildman–Crippen MR) is 204 cm³/mol. The maximum Gasteiger partial charge on any atom is 0.328 e. The number of esters is 1. The Kier molecular flexibility index (Phi) is 11.7. The first-order valence-corrected chi connectivity index (χ1v) is 18.2. The SMILES string of the molecule is CCOC(=O)C1CC(OCc2ccccc2)CN1c1c(F)c(Oc2cccc(C3=NCCN3C)c2)nc(Oc2cc(C#N)ccc2OCc2ccccc2)c1F. The van der Waals surface area contributed by atoms with E-state index in [1.165, 1.54) is 23.1 Å². The molecular weight excluding hydrogens is 720 g/mol. The molecule has 3 heterocycles. The van der Waals surface area contributed by atoms with Gasteiger partial charge in [0.15, 0.2) is 11.5 Å². The van der Waals surface area contributed by atoms with Crippen LogP contribution in [0.25, 0.3) is 0 Å². The van der Waals surface area contributed by atoms with Crippen molar-refractivity contribution in [3.63, 3.8) is 0 Å². The normalized spacial score (nSPS) is 16.3. The van der Waals surface area contributed by atoms with Crippen molar-refractivity contribution in [1.82, 2.24) is 9.88 Å². The summed E-state index contributed by atoms with van der Waals surface area (Å²) >= 11 is 0. The molecule has 2 aliphatic rings. The van der Waals surface area contributed by atoms with Gasteiger partial charge in [-0.3, -0.25) is 4.99 Å². The van der Waals surface area contributed by atoms with Crippen LogP contribution in [0.4, 0.5) is 14.5 Å². The Hall–Kier alpha value is -6.52. The van der Waals surface area contributed by atoms with Gasteiger partial charge >= 0.3 is 5.97 Å². The number of aromatic nitrogens is 1. The van der Waals surface area contributed by atoms with Gasteiger partial charge in [-0.15, -0.1) is 0 Å². The molecule has 13 heteroatoms. The number of hydrogen-bond acceptors (Lipinski definition) is 11. The maximum atomic E-state index is 17.0. The molecular formula is C43H39F2N5O6. The number of hydrogen-bond donors (Lipinski definition) is 0. The number of rotatable bonds is 14. The Morgan fingerprint density at radius 2 is 1.59 bits per heavy atom. The number of halogens is 2. The van der Waals surface area contributed by atoms with Crippen molar-refractivity contribution in [2.75, 3.05) is 38.2 Å². The fraction of sp³-hybridized carbons (Fsp3) is 0.256. The average molecular weight is 760 g/mol. The van der Waals surface area contributed by atoms with Crippen molar-refractivity contribution >= 4 is 17.5 Å². The van der Waals surface area contributed by atoms with Gasteiger partial charge in [-0.25, -0.2) is 4.79 Å². The highest BCUT2D eigenvalue weighted by molar-refractivity contribution is 5.99. The van der Waals surface area contributed by atoms with Gasteiger partial charge in [0, 0.05) is 38.2 Å². The topological polar surface area (TPSA) is 119 Å². The molecule has 2 atom stereocenters. The first kappa shape index (κ1) is 37.8. The highest BCUT2D eigenvalue weighted by Crippen LogP contribution is 2.43. The molecule has 0 aliphatic carbocycles. The molecule has 0 radical (unpaired) electrons. The van der Waals surface area contributed by atoms with E-state index >= 15 is 8.78 Å². The lowest BCUT2D eigenvalue weighted by atomic mass is 10.2. The van der Waals surface area contributed by atoms with E-state index in [2.05, 4.69) is 9.98 Å². The summed E-state index contributed by atoms with van der Waals surface area (Å²) < 4.78 is 63.7. The Labute approximate surface area is 323 Å². The number of carbonyl (C=O) groups excluding carboxylic acids is 1. The predicted octanol–water partition coefficient (Wildman–Crippen LogP) is 7.81. The van der Waals surface area contributed by atoms with Crippen LogP contribution < -0.4 is 19.1 Å². The second kappa shape index (κ2) is 17.3. The third kappa shape index (κ3) is 8.56. The Bertz CT molecular complexity index is 2250. The summed E-state index contributed by atoms with van der Waals surface area (Å²) in [6.45, 7) is 3.38. The van der Waals surface area contributed by atoms with E-state index in [1.54, 1.807) is 25.1 Å². The summed E-state index contributed by atoms with van der Waals surface area (Å²) in [5.41, 5.74) is 2.06. The number of pyridine rings is 1. The van der Waals surface area contributed by atoms with Crippen LogP contribution in [0.15, 0.2) is 108 Å². The number of likely N-dealkylation sites (N-methyl/N-ethyl adjacent to an activating group) is 1. The van der Waals surface area contributed by atoms with Crippen molar-refractivity contribution in [3.8, 4) is 35.1 Å². The fourth-order valence-electron chi connectivity index (χ4n) is 6.56. The minimum atomic E-state index is -1.21. The summed E-state index contributed by atoms with van der Waals surface area (Å²) in [5.74, 6) is -3.28. The van der Waals surface area contributed by atoms with Gasteiger partial charge in [0.05, 0.1) is 37.5 Å². The quantitative estimate of drug-likeness (QED) is 0.104. The summed E-state index contributed by atoms with van der Waals surface area (Å²) in [5, 5.41) is 9.72. The number of amidine groups is 1. The fourth-order valence-corrected chi connectivity index (χ4v) is 6.56. The zero-order valence-electron chi connectivity index (χ0n) is 30.9. The molecule has 2 unspecified atom stereocenters. The van der Waals surface area contributed by atoms with E-state index in [9.17, 15) is 10.1 Å². The average Bonchev–Trinajstić information content (AvgIpc) is 3.85. The molecule has 2 aliphatic heterocycles. The van der Waals surface area contributed by atoms with Gasteiger partial charge < -0.3 is 33.5 Å². The van der Waals surface area contributed by atoms with Crippen molar-refractivity contribution in [1.29, 1.82) is 5.26 Å².